The van der Waals surface area contributed by atoms with Crippen molar-refractivity contribution < 1.29 is 4.79 Å². The van der Waals surface area contributed by atoms with Gasteiger partial charge in [0.1, 0.15) is 5.82 Å². The minimum absolute atomic E-state index is 0.00884. The van der Waals surface area contributed by atoms with E-state index in [1.165, 1.54) is 5.56 Å². The van der Waals surface area contributed by atoms with Crippen LogP contribution in [0.1, 0.15) is 28.0 Å². The summed E-state index contributed by atoms with van der Waals surface area (Å²) in [6.45, 7) is 1.65. The largest absolute Gasteiger partial charge is 0.370 e. The molecule has 130 valence electrons. The highest BCUT2D eigenvalue weighted by atomic mass is 16.1. The number of H-pyrrole nitrogens is 1. The summed E-state index contributed by atoms with van der Waals surface area (Å²) in [4.78, 5) is 24.6. The molecule has 0 atom stereocenters. The fraction of sp³-hybridized carbons (Fsp3) is 0.250. The second-order valence-corrected chi connectivity index (χ2v) is 6.75. The van der Waals surface area contributed by atoms with Gasteiger partial charge < -0.3 is 15.6 Å². The van der Waals surface area contributed by atoms with Crippen molar-refractivity contribution in [3.63, 3.8) is 0 Å². The van der Waals surface area contributed by atoms with Crippen molar-refractivity contribution in [2.75, 3.05) is 18.4 Å². The average Bonchev–Trinajstić information content (AvgIpc) is 3.14. The van der Waals surface area contributed by atoms with Gasteiger partial charge in [-0.05, 0) is 42.7 Å². The second kappa shape index (κ2) is 5.98. The molecule has 0 aliphatic carbocycles. The number of fused-ring (bicyclic) bond motifs is 2. The molecule has 0 fully saturated rings. The van der Waals surface area contributed by atoms with E-state index in [-0.39, 0.29) is 5.91 Å². The lowest BCUT2D eigenvalue weighted by Gasteiger charge is -2.17. The maximum atomic E-state index is 12.0. The van der Waals surface area contributed by atoms with Crippen molar-refractivity contribution in [2.24, 2.45) is 0 Å². The van der Waals surface area contributed by atoms with Crippen molar-refractivity contribution in [3.8, 4) is 22.6 Å². The van der Waals surface area contributed by atoms with Crippen molar-refractivity contribution in [3.05, 3.63) is 53.3 Å². The highest BCUT2D eigenvalue weighted by molar-refractivity contribution is 5.97. The number of aryl methyl sites for hydroxylation is 1. The van der Waals surface area contributed by atoms with Crippen molar-refractivity contribution in [2.45, 2.75) is 19.3 Å². The van der Waals surface area contributed by atoms with Gasteiger partial charge in [0.25, 0.3) is 5.91 Å². The molecule has 0 saturated heterocycles. The molecule has 0 radical (unpaired) electrons. The Morgan fingerprint density at radius 2 is 1.92 bits per heavy atom. The summed E-state index contributed by atoms with van der Waals surface area (Å²) in [7, 11) is 0. The van der Waals surface area contributed by atoms with Crippen LogP contribution in [0.5, 0.6) is 0 Å². The fourth-order valence-electron chi connectivity index (χ4n) is 3.66. The fourth-order valence-corrected chi connectivity index (χ4v) is 3.66. The molecule has 6 nitrogen and oxygen atoms in total. The predicted molar refractivity (Wildman–Crippen MR) is 100 cm³/mol. The SMILES string of the molecule is O=C1NCCc2[nH]c(-c3ccnc(-c4ccc5c(n4)NCCC5)c3)cc21. The van der Waals surface area contributed by atoms with Gasteiger partial charge in [-0.25, -0.2) is 4.98 Å². The van der Waals surface area contributed by atoms with E-state index in [1.54, 1.807) is 6.20 Å². The van der Waals surface area contributed by atoms with E-state index in [4.69, 9.17) is 4.98 Å². The van der Waals surface area contributed by atoms with Gasteiger partial charge in [0.2, 0.25) is 0 Å². The molecule has 0 unspecified atom stereocenters. The molecular weight excluding hydrogens is 326 g/mol. The third-order valence-electron chi connectivity index (χ3n) is 5.03. The first-order valence-corrected chi connectivity index (χ1v) is 8.98. The number of nitrogens with zero attached hydrogens (tertiary/aromatic N) is 2. The van der Waals surface area contributed by atoms with E-state index in [2.05, 4.69) is 26.7 Å². The summed E-state index contributed by atoms with van der Waals surface area (Å²) in [5, 5.41) is 6.25. The number of nitrogens with one attached hydrogen (secondary N) is 3. The number of carbonyl (C=O) groups excluding carboxylic acids is 1. The van der Waals surface area contributed by atoms with Crippen LogP contribution in [0.25, 0.3) is 22.6 Å². The molecule has 3 aromatic rings. The van der Waals surface area contributed by atoms with Crippen LogP contribution in [0.15, 0.2) is 36.5 Å². The van der Waals surface area contributed by atoms with E-state index in [9.17, 15) is 4.79 Å². The van der Waals surface area contributed by atoms with Crippen LogP contribution in [-0.2, 0) is 12.8 Å². The zero-order valence-corrected chi connectivity index (χ0v) is 14.3. The molecule has 3 N–H and O–H groups in total. The van der Waals surface area contributed by atoms with Gasteiger partial charge in [0.15, 0.2) is 0 Å². The maximum absolute atomic E-state index is 12.0. The highest BCUT2D eigenvalue weighted by Gasteiger charge is 2.20. The highest BCUT2D eigenvalue weighted by Crippen LogP contribution is 2.28. The molecule has 5 rings (SSSR count). The number of aromatic nitrogens is 3. The maximum Gasteiger partial charge on any atom is 0.253 e. The molecule has 1 amide bonds. The summed E-state index contributed by atoms with van der Waals surface area (Å²) in [6.07, 6.45) is 4.84. The summed E-state index contributed by atoms with van der Waals surface area (Å²) in [6, 6.07) is 10.1. The molecular formula is C20H19N5O. The summed E-state index contributed by atoms with van der Waals surface area (Å²) in [5.41, 5.74) is 6.62. The smallest absolute Gasteiger partial charge is 0.253 e. The lowest BCUT2D eigenvalue weighted by molar-refractivity contribution is 0.0946. The van der Waals surface area contributed by atoms with Gasteiger partial charge in [0.05, 0.1) is 17.0 Å². The van der Waals surface area contributed by atoms with Gasteiger partial charge in [-0.2, -0.15) is 0 Å². The minimum atomic E-state index is -0.00884. The van der Waals surface area contributed by atoms with Crippen LogP contribution in [0.3, 0.4) is 0 Å². The number of hydrogen-bond donors (Lipinski definition) is 3. The van der Waals surface area contributed by atoms with Crippen LogP contribution in [0.2, 0.25) is 0 Å². The van der Waals surface area contributed by atoms with Gasteiger partial charge in [-0.15, -0.1) is 0 Å². The molecule has 6 heteroatoms. The van der Waals surface area contributed by atoms with Crippen LogP contribution in [-0.4, -0.2) is 33.9 Å². The number of aromatic amines is 1. The third-order valence-corrected chi connectivity index (χ3v) is 5.03. The molecule has 5 heterocycles. The molecule has 2 aliphatic heterocycles. The van der Waals surface area contributed by atoms with E-state index < -0.39 is 0 Å². The normalized spacial score (nSPS) is 15.6. The molecule has 0 aromatic carbocycles. The Balaban J connectivity index is 1.53. The number of rotatable bonds is 2. The van der Waals surface area contributed by atoms with Gasteiger partial charge in [-0.3, -0.25) is 9.78 Å². The Morgan fingerprint density at radius 3 is 2.85 bits per heavy atom. The molecule has 2 aliphatic rings. The van der Waals surface area contributed by atoms with Crippen LogP contribution in [0, 0.1) is 0 Å². The number of carbonyl (C=O) groups is 1. The van der Waals surface area contributed by atoms with E-state index >= 15 is 0 Å². The number of hydrogen-bond acceptors (Lipinski definition) is 4. The van der Waals surface area contributed by atoms with E-state index in [0.717, 1.165) is 65.5 Å². The number of amides is 1. The van der Waals surface area contributed by atoms with Gasteiger partial charge in [-0.1, -0.05) is 6.07 Å². The molecule has 26 heavy (non-hydrogen) atoms. The summed E-state index contributed by atoms with van der Waals surface area (Å²) in [5.74, 6) is 0.957. The summed E-state index contributed by atoms with van der Waals surface area (Å²) < 4.78 is 0. The summed E-state index contributed by atoms with van der Waals surface area (Å²) >= 11 is 0. The monoisotopic (exact) mass is 345 g/mol. The Hall–Kier alpha value is -3.15. The quantitative estimate of drug-likeness (QED) is 0.667. The molecule has 0 bridgehead atoms. The zero-order chi connectivity index (χ0) is 17.5. The average molecular weight is 345 g/mol. The Labute approximate surface area is 151 Å². The first-order chi connectivity index (χ1) is 12.8. The Bertz CT molecular complexity index is 1010. The molecule has 0 saturated carbocycles. The Kier molecular flexibility index (Phi) is 3.48. The number of anilines is 1. The molecule has 3 aromatic heterocycles. The lowest BCUT2D eigenvalue weighted by Crippen LogP contribution is -2.31. The van der Waals surface area contributed by atoms with Crippen LogP contribution in [0.4, 0.5) is 5.82 Å². The topological polar surface area (TPSA) is 82.7 Å². The molecule has 0 spiro atoms. The van der Waals surface area contributed by atoms with Gasteiger partial charge >= 0.3 is 0 Å². The van der Waals surface area contributed by atoms with Crippen molar-refractivity contribution >= 4 is 11.7 Å². The standard InChI is InChI=1S/C20H19N5O/c26-20-14-11-17(24-15(14)6-9-23-20)13-5-8-21-18(10-13)16-4-3-12-2-1-7-22-19(12)25-16/h3-5,8,10-11,24H,1-2,6-7,9H2,(H,22,25)(H,23,26). The minimum Gasteiger partial charge on any atom is -0.370 e. The second-order valence-electron chi connectivity index (χ2n) is 6.75. The first kappa shape index (κ1) is 15.1. The van der Waals surface area contributed by atoms with Crippen LogP contribution < -0.4 is 10.6 Å². The first-order valence-electron chi connectivity index (χ1n) is 8.98. The zero-order valence-electron chi connectivity index (χ0n) is 14.3. The lowest BCUT2D eigenvalue weighted by atomic mass is 10.1. The third kappa shape index (κ3) is 2.54. The van der Waals surface area contributed by atoms with Crippen molar-refractivity contribution in [1.29, 1.82) is 0 Å². The number of pyridine rings is 2. The predicted octanol–water partition coefficient (Wildman–Crippen LogP) is 2.78. The van der Waals surface area contributed by atoms with Crippen molar-refractivity contribution in [1.82, 2.24) is 20.3 Å². The van der Waals surface area contributed by atoms with Crippen LogP contribution >= 0.6 is 0 Å². The van der Waals surface area contributed by atoms with Gasteiger partial charge in [0, 0.05) is 42.7 Å². The Morgan fingerprint density at radius 1 is 0.962 bits per heavy atom. The van der Waals surface area contributed by atoms with E-state index in [0.29, 0.717) is 6.54 Å². The van der Waals surface area contributed by atoms with E-state index in [1.807, 2.05) is 24.3 Å².